The van der Waals surface area contributed by atoms with Crippen LogP contribution in [0, 0.1) is 5.92 Å². The van der Waals surface area contributed by atoms with Gasteiger partial charge in [-0.15, -0.1) is 0 Å². The molecule has 0 radical (unpaired) electrons. The molecule has 2 rings (SSSR count). The SMILES string of the molecule is CC1(C)C(CN)CCCN1C1CCS(=O)(=O)C1. The van der Waals surface area contributed by atoms with Crippen LogP contribution < -0.4 is 5.73 Å². The van der Waals surface area contributed by atoms with Gasteiger partial charge < -0.3 is 5.73 Å². The van der Waals surface area contributed by atoms with E-state index in [2.05, 4.69) is 18.7 Å². The molecule has 2 fully saturated rings. The standard InChI is InChI=1S/C12H24N2O2S/c1-12(2)10(8-13)4-3-6-14(12)11-5-7-17(15,16)9-11/h10-11H,3-9,13H2,1-2H3. The highest BCUT2D eigenvalue weighted by Crippen LogP contribution is 2.36. The highest BCUT2D eigenvalue weighted by Gasteiger charge is 2.44. The Kier molecular flexibility index (Phi) is 3.54. The van der Waals surface area contributed by atoms with E-state index < -0.39 is 9.84 Å². The zero-order valence-corrected chi connectivity index (χ0v) is 11.7. The lowest BCUT2D eigenvalue weighted by Crippen LogP contribution is -2.59. The van der Waals surface area contributed by atoms with Gasteiger partial charge in [0.25, 0.3) is 0 Å². The Balaban J connectivity index is 2.15. The van der Waals surface area contributed by atoms with E-state index in [1.807, 2.05) is 0 Å². The fourth-order valence-electron chi connectivity index (χ4n) is 3.46. The quantitative estimate of drug-likeness (QED) is 0.791. The van der Waals surface area contributed by atoms with Crippen LogP contribution in [0.25, 0.3) is 0 Å². The summed E-state index contributed by atoms with van der Waals surface area (Å²) in [5.41, 5.74) is 5.89. The Morgan fingerprint density at radius 3 is 2.59 bits per heavy atom. The third-order valence-electron chi connectivity index (χ3n) is 4.62. The van der Waals surface area contributed by atoms with Gasteiger partial charge in [-0.1, -0.05) is 0 Å². The van der Waals surface area contributed by atoms with Crippen molar-refractivity contribution in [1.82, 2.24) is 4.90 Å². The number of nitrogens with two attached hydrogens (primary N) is 1. The molecular weight excluding hydrogens is 236 g/mol. The van der Waals surface area contributed by atoms with E-state index in [9.17, 15) is 8.42 Å². The number of hydrogen-bond acceptors (Lipinski definition) is 4. The lowest BCUT2D eigenvalue weighted by atomic mass is 9.78. The van der Waals surface area contributed by atoms with Crippen molar-refractivity contribution in [2.75, 3.05) is 24.6 Å². The van der Waals surface area contributed by atoms with Gasteiger partial charge in [0.1, 0.15) is 0 Å². The van der Waals surface area contributed by atoms with Gasteiger partial charge in [-0.2, -0.15) is 0 Å². The van der Waals surface area contributed by atoms with Gasteiger partial charge in [-0.05, 0) is 52.1 Å². The summed E-state index contributed by atoms with van der Waals surface area (Å²) in [6.07, 6.45) is 3.10. The van der Waals surface area contributed by atoms with Gasteiger partial charge in [0, 0.05) is 11.6 Å². The molecule has 2 heterocycles. The average molecular weight is 260 g/mol. The van der Waals surface area contributed by atoms with Gasteiger partial charge >= 0.3 is 0 Å². The van der Waals surface area contributed by atoms with Crippen LogP contribution in [0.1, 0.15) is 33.1 Å². The Morgan fingerprint density at radius 1 is 1.35 bits per heavy atom. The highest BCUT2D eigenvalue weighted by atomic mass is 32.2. The molecule has 0 spiro atoms. The molecule has 2 atom stereocenters. The zero-order valence-electron chi connectivity index (χ0n) is 10.9. The summed E-state index contributed by atoms with van der Waals surface area (Å²) in [6, 6.07) is 0.212. The van der Waals surface area contributed by atoms with Crippen LogP contribution in [0.3, 0.4) is 0 Å². The fourth-order valence-corrected chi connectivity index (χ4v) is 5.20. The minimum atomic E-state index is -2.79. The topological polar surface area (TPSA) is 63.4 Å². The average Bonchev–Trinajstić information content (AvgIpc) is 2.57. The minimum Gasteiger partial charge on any atom is -0.330 e. The third kappa shape index (κ3) is 2.51. The van der Waals surface area contributed by atoms with Gasteiger partial charge in [0.2, 0.25) is 0 Å². The van der Waals surface area contributed by atoms with E-state index >= 15 is 0 Å². The lowest BCUT2D eigenvalue weighted by molar-refractivity contribution is -0.00163. The van der Waals surface area contributed by atoms with Crippen LogP contribution in [0.2, 0.25) is 0 Å². The molecule has 17 heavy (non-hydrogen) atoms. The van der Waals surface area contributed by atoms with Crippen LogP contribution in [0.5, 0.6) is 0 Å². The van der Waals surface area contributed by atoms with Crippen molar-refractivity contribution in [3.05, 3.63) is 0 Å². The highest BCUT2D eigenvalue weighted by molar-refractivity contribution is 7.91. The zero-order chi connectivity index (χ0) is 12.7. The summed E-state index contributed by atoms with van der Waals surface area (Å²) in [5.74, 6) is 1.19. The first-order valence-electron chi connectivity index (χ1n) is 6.54. The first-order valence-corrected chi connectivity index (χ1v) is 8.36. The second-order valence-electron chi connectivity index (χ2n) is 5.98. The summed E-state index contributed by atoms with van der Waals surface area (Å²) in [4.78, 5) is 2.40. The van der Waals surface area contributed by atoms with E-state index in [4.69, 9.17) is 5.73 Å². The number of nitrogens with zero attached hydrogens (tertiary/aromatic N) is 1. The van der Waals surface area contributed by atoms with Crippen molar-refractivity contribution < 1.29 is 8.42 Å². The molecule has 2 saturated heterocycles. The van der Waals surface area contributed by atoms with Crippen LogP contribution in [0.4, 0.5) is 0 Å². The second-order valence-corrected chi connectivity index (χ2v) is 8.21. The molecule has 4 nitrogen and oxygen atoms in total. The van der Waals surface area contributed by atoms with Crippen LogP contribution >= 0.6 is 0 Å². The Bertz CT molecular complexity index is 378. The summed E-state index contributed by atoms with van der Waals surface area (Å²) in [6.45, 7) is 6.15. The molecule has 2 unspecified atom stereocenters. The maximum atomic E-state index is 11.6. The Labute approximate surface area is 104 Å². The van der Waals surface area contributed by atoms with Gasteiger partial charge in [-0.3, -0.25) is 4.90 Å². The monoisotopic (exact) mass is 260 g/mol. The molecule has 5 heteroatoms. The van der Waals surface area contributed by atoms with Crippen molar-refractivity contribution >= 4 is 9.84 Å². The third-order valence-corrected chi connectivity index (χ3v) is 6.37. The van der Waals surface area contributed by atoms with Crippen LogP contribution in [0.15, 0.2) is 0 Å². The lowest BCUT2D eigenvalue weighted by Gasteiger charge is -2.50. The normalized spacial score (nSPS) is 37.1. The summed E-state index contributed by atoms with van der Waals surface area (Å²) in [5, 5.41) is 0. The number of sulfone groups is 1. The molecule has 100 valence electrons. The predicted molar refractivity (Wildman–Crippen MR) is 69.6 cm³/mol. The maximum absolute atomic E-state index is 11.6. The van der Waals surface area contributed by atoms with Crippen LogP contribution in [-0.4, -0.2) is 49.5 Å². The smallest absolute Gasteiger partial charge is 0.151 e. The molecule has 0 aromatic rings. The molecule has 2 N–H and O–H groups in total. The minimum absolute atomic E-state index is 0.0392. The van der Waals surface area contributed by atoms with E-state index in [-0.39, 0.29) is 11.6 Å². The molecule has 2 aliphatic heterocycles. The largest absolute Gasteiger partial charge is 0.330 e. The summed E-state index contributed by atoms with van der Waals surface area (Å²) >= 11 is 0. The van der Waals surface area contributed by atoms with Crippen molar-refractivity contribution in [2.45, 2.75) is 44.7 Å². The molecular formula is C12H24N2O2S. The number of likely N-dealkylation sites (tertiary alicyclic amines) is 1. The first-order chi connectivity index (χ1) is 7.87. The Hall–Kier alpha value is -0.130. The van der Waals surface area contributed by atoms with Gasteiger partial charge in [0.15, 0.2) is 9.84 Å². The van der Waals surface area contributed by atoms with Gasteiger partial charge in [-0.25, -0.2) is 8.42 Å². The maximum Gasteiger partial charge on any atom is 0.151 e. The van der Waals surface area contributed by atoms with E-state index in [0.717, 1.165) is 19.4 Å². The molecule has 2 aliphatic rings. The fraction of sp³-hybridized carbons (Fsp3) is 1.00. The first kappa shape index (κ1) is 13.3. The molecule has 0 bridgehead atoms. The summed E-state index contributed by atoms with van der Waals surface area (Å²) < 4.78 is 23.2. The van der Waals surface area contributed by atoms with E-state index in [0.29, 0.717) is 24.0 Å². The number of piperidine rings is 1. The van der Waals surface area contributed by atoms with E-state index in [1.165, 1.54) is 6.42 Å². The number of hydrogen-bond donors (Lipinski definition) is 1. The molecule has 0 amide bonds. The molecule has 0 aromatic carbocycles. The van der Waals surface area contributed by atoms with Crippen molar-refractivity contribution in [1.29, 1.82) is 0 Å². The van der Waals surface area contributed by atoms with Crippen molar-refractivity contribution in [3.63, 3.8) is 0 Å². The molecule has 0 aliphatic carbocycles. The van der Waals surface area contributed by atoms with Gasteiger partial charge in [0.05, 0.1) is 11.5 Å². The van der Waals surface area contributed by atoms with Crippen LogP contribution in [-0.2, 0) is 9.84 Å². The van der Waals surface area contributed by atoms with E-state index in [1.54, 1.807) is 0 Å². The summed E-state index contributed by atoms with van der Waals surface area (Å²) in [7, 11) is -2.79. The van der Waals surface area contributed by atoms with Crippen molar-refractivity contribution in [3.8, 4) is 0 Å². The Morgan fingerprint density at radius 2 is 2.06 bits per heavy atom. The van der Waals surface area contributed by atoms with Crippen molar-refractivity contribution in [2.24, 2.45) is 11.7 Å². The molecule has 0 aromatic heterocycles. The molecule has 0 saturated carbocycles. The predicted octanol–water partition coefficient (Wildman–Crippen LogP) is 0.623. The second kappa shape index (κ2) is 4.52. The number of rotatable bonds is 2.